The van der Waals surface area contributed by atoms with Crippen molar-refractivity contribution >= 4 is 23.3 Å². The molecule has 1 atom stereocenters. The highest BCUT2D eigenvalue weighted by molar-refractivity contribution is 6.29. The molecule has 1 saturated heterocycles. The van der Waals surface area contributed by atoms with Gasteiger partial charge >= 0.3 is 0 Å². The van der Waals surface area contributed by atoms with Gasteiger partial charge in [0.15, 0.2) is 5.82 Å². The van der Waals surface area contributed by atoms with Gasteiger partial charge in [0.25, 0.3) is 0 Å². The Morgan fingerprint density at radius 3 is 3.06 bits per heavy atom. The molecule has 1 aromatic rings. The molecule has 2 heterocycles. The first kappa shape index (κ1) is 11.3. The first-order valence-corrected chi connectivity index (χ1v) is 5.51. The Labute approximate surface area is 98.2 Å². The lowest BCUT2D eigenvalue weighted by Gasteiger charge is -2.08. The van der Waals surface area contributed by atoms with Crippen molar-refractivity contribution in [2.24, 2.45) is 0 Å². The molecule has 16 heavy (non-hydrogen) atoms. The van der Waals surface area contributed by atoms with E-state index in [4.69, 9.17) is 16.3 Å². The molecular formula is C10H12ClN3O2. The van der Waals surface area contributed by atoms with E-state index in [2.05, 4.69) is 15.3 Å². The molecule has 1 unspecified atom stereocenters. The average molecular weight is 242 g/mol. The molecule has 1 amide bonds. The standard InChI is InChI=1S/C10H12ClN3O2/c11-8-5-13-9(6-12-8)14-10(15)4-7-2-1-3-16-7/h5-7H,1-4H2,(H,13,14,15). The van der Waals surface area contributed by atoms with Gasteiger partial charge in [0.1, 0.15) is 5.15 Å². The van der Waals surface area contributed by atoms with Crippen LogP contribution in [0, 0.1) is 0 Å². The van der Waals surface area contributed by atoms with Crippen LogP contribution in [0.4, 0.5) is 5.82 Å². The Balaban J connectivity index is 1.84. The predicted octanol–water partition coefficient (Wildman–Crippen LogP) is 1.64. The van der Waals surface area contributed by atoms with E-state index in [1.54, 1.807) is 0 Å². The molecule has 0 saturated carbocycles. The number of hydrogen-bond donors (Lipinski definition) is 1. The maximum absolute atomic E-state index is 11.6. The van der Waals surface area contributed by atoms with Crippen molar-refractivity contribution in [2.45, 2.75) is 25.4 Å². The molecule has 1 aliphatic heterocycles. The summed E-state index contributed by atoms with van der Waals surface area (Å²) in [5.74, 6) is 0.302. The maximum Gasteiger partial charge on any atom is 0.228 e. The van der Waals surface area contributed by atoms with E-state index in [0.717, 1.165) is 19.4 Å². The number of nitrogens with zero attached hydrogens (tertiary/aromatic N) is 2. The molecule has 0 aliphatic carbocycles. The molecule has 1 N–H and O–H groups in total. The molecule has 5 nitrogen and oxygen atoms in total. The number of carbonyl (C=O) groups is 1. The average Bonchev–Trinajstić information content (AvgIpc) is 2.74. The van der Waals surface area contributed by atoms with Crippen LogP contribution in [0.2, 0.25) is 5.15 Å². The molecule has 1 aliphatic rings. The van der Waals surface area contributed by atoms with Crippen molar-refractivity contribution in [1.29, 1.82) is 0 Å². The third kappa shape index (κ3) is 3.15. The van der Waals surface area contributed by atoms with Gasteiger partial charge in [-0.3, -0.25) is 4.79 Å². The minimum Gasteiger partial charge on any atom is -0.378 e. The van der Waals surface area contributed by atoms with E-state index in [-0.39, 0.29) is 12.0 Å². The second-order valence-corrected chi connectivity index (χ2v) is 4.00. The van der Waals surface area contributed by atoms with Crippen molar-refractivity contribution in [3.63, 3.8) is 0 Å². The van der Waals surface area contributed by atoms with Gasteiger partial charge in [-0.05, 0) is 12.8 Å². The topological polar surface area (TPSA) is 64.1 Å². The van der Waals surface area contributed by atoms with Crippen LogP contribution in [-0.4, -0.2) is 28.6 Å². The van der Waals surface area contributed by atoms with Gasteiger partial charge < -0.3 is 10.1 Å². The van der Waals surface area contributed by atoms with E-state index >= 15 is 0 Å². The molecule has 1 aromatic heterocycles. The molecular weight excluding hydrogens is 230 g/mol. The highest BCUT2D eigenvalue weighted by atomic mass is 35.5. The van der Waals surface area contributed by atoms with Crippen molar-refractivity contribution < 1.29 is 9.53 Å². The Morgan fingerprint density at radius 1 is 1.56 bits per heavy atom. The van der Waals surface area contributed by atoms with E-state index in [0.29, 0.717) is 17.4 Å². The summed E-state index contributed by atoms with van der Waals surface area (Å²) in [4.78, 5) is 19.3. The number of nitrogens with one attached hydrogen (secondary N) is 1. The number of ether oxygens (including phenoxy) is 1. The highest BCUT2D eigenvalue weighted by Crippen LogP contribution is 2.16. The lowest BCUT2D eigenvalue weighted by molar-refractivity contribution is -0.118. The Kier molecular flexibility index (Phi) is 3.69. The predicted molar refractivity (Wildman–Crippen MR) is 59.3 cm³/mol. The first-order valence-electron chi connectivity index (χ1n) is 5.13. The summed E-state index contributed by atoms with van der Waals surface area (Å²) in [7, 11) is 0. The van der Waals surface area contributed by atoms with Gasteiger partial charge in [0.05, 0.1) is 24.9 Å². The zero-order valence-corrected chi connectivity index (χ0v) is 9.41. The van der Waals surface area contributed by atoms with Crippen LogP contribution in [0.25, 0.3) is 0 Å². The minimum atomic E-state index is -0.108. The SMILES string of the molecule is O=C(CC1CCCO1)Nc1cnc(Cl)cn1. The van der Waals surface area contributed by atoms with Gasteiger partial charge in [-0.15, -0.1) is 0 Å². The Bertz CT molecular complexity index is 363. The van der Waals surface area contributed by atoms with Crippen LogP contribution >= 0.6 is 11.6 Å². The number of halogens is 1. The van der Waals surface area contributed by atoms with Crippen LogP contribution in [0.15, 0.2) is 12.4 Å². The lowest BCUT2D eigenvalue weighted by atomic mass is 10.2. The Morgan fingerprint density at radius 2 is 2.44 bits per heavy atom. The van der Waals surface area contributed by atoms with Gasteiger partial charge in [-0.2, -0.15) is 0 Å². The lowest BCUT2D eigenvalue weighted by Crippen LogP contribution is -2.19. The molecule has 0 radical (unpaired) electrons. The third-order valence-electron chi connectivity index (χ3n) is 2.32. The van der Waals surface area contributed by atoms with Crippen molar-refractivity contribution in [2.75, 3.05) is 11.9 Å². The molecule has 0 aromatic carbocycles. The first-order chi connectivity index (χ1) is 7.74. The fourth-order valence-corrected chi connectivity index (χ4v) is 1.68. The second-order valence-electron chi connectivity index (χ2n) is 3.61. The number of carbonyl (C=O) groups excluding carboxylic acids is 1. The number of hydrogen-bond acceptors (Lipinski definition) is 4. The van der Waals surface area contributed by atoms with Crippen molar-refractivity contribution in [3.8, 4) is 0 Å². The minimum absolute atomic E-state index is 0.0419. The van der Waals surface area contributed by atoms with Crippen molar-refractivity contribution in [1.82, 2.24) is 9.97 Å². The molecule has 0 bridgehead atoms. The fourth-order valence-electron chi connectivity index (χ4n) is 1.58. The number of anilines is 1. The second kappa shape index (κ2) is 5.23. The number of rotatable bonds is 3. The van der Waals surface area contributed by atoms with Crippen LogP contribution in [-0.2, 0) is 9.53 Å². The normalized spacial score (nSPS) is 19.7. The number of aromatic nitrogens is 2. The summed E-state index contributed by atoms with van der Waals surface area (Å²) in [6.45, 7) is 0.749. The Hall–Kier alpha value is -1.20. The summed E-state index contributed by atoms with van der Waals surface area (Å²) in [5, 5.41) is 2.95. The molecule has 6 heteroatoms. The quantitative estimate of drug-likeness (QED) is 0.874. The van der Waals surface area contributed by atoms with Gasteiger partial charge in [-0.1, -0.05) is 11.6 Å². The van der Waals surface area contributed by atoms with Crippen LogP contribution in [0.3, 0.4) is 0 Å². The van der Waals surface area contributed by atoms with Crippen molar-refractivity contribution in [3.05, 3.63) is 17.5 Å². The highest BCUT2D eigenvalue weighted by Gasteiger charge is 2.19. The van der Waals surface area contributed by atoms with Gasteiger partial charge in [-0.25, -0.2) is 9.97 Å². The smallest absolute Gasteiger partial charge is 0.228 e. The third-order valence-corrected chi connectivity index (χ3v) is 2.52. The van der Waals surface area contributed by atoms with Gasteiger partial charge in [0, 0.05) is 6.61 Å². The van der Waals surface area contributed by atoms with Crippen LogP contribution in [0.5, 0.6) is 0 Å². The number of amides is 1. The van der Waals surface area contributed by atoms with Crippen LogP contribution in [0.1, 0.15) is 19.3 Å². The van der Waals surface area contributed by atoms with Crippen LogP contribution < -0.4 is 5.32 Å². The summed E-state index contributed by atoms with van der Waals surface area (Å²) in [5.41, 5.74) is 0. The van der Waals surface area contributed by atoms with E-state index in [9.17, 15) is 4.79 Å². The fraction of sp³-hybridized carbons (Fsp3) is 0.500. The molecule has 0 spiro atoms. The summed E-state index contributed by atoms with van der Waals surface area (Å²) in [6.07, 6.45) is 5.20. The summed E-state index contributed by atoms with van der Waals surface area (Å²) in [6, 6.07) is 0. The molecule has 86 valence electrons. The summed E-state index contributed by atoms with van der Waals surface area (Å²) < 4.78 is 5.36. The zero-order valence-electron chi connectivity index (χ0n) is 8.65. The maximum atomic E-state index is 11.6. The van der Waals surface area contributed by atoms with E-state index in [1.807, 2.05) is 0 Å². The van der Waals surface area contributed by atoms with Gasteiger partial charge in [0.2, 0.25) is 5.91 Å². The molecule has 2 rings (SSSR count). The zero-order chi connectivity index (χ0) is 11.4. The summed E-state index contributed by atoms with van der Waals surface area (Å²) >= 11 is 5.58. The monoisotopic (exact) mass is 241 g/mol. The van der Waals surface area contributed by atoms with E-state index in [1.165, 1.54) is 12.4 Å². The largest absolute Gasteiger partial charge is 0.378 e. The molecule has 1 fully saturated rings. The van der Waals surface area contributed by atoms with E-state index < -0.39 is 0 Å².